The molecule has 0 amide bonds. The highest BCUT2D eigenvalue weighted by Gasteiger charge is 2.33. The molecule has 3 heteroatoms. The average molecular weight is 232 g/mol. The number of ketones is 1. The molecule has 1 heterocycles. The molecule has 1 aromatic carbocycles. The molecule has 1 aliphatic rings. The van der Waals surface area contributed by atoms with Crippen LogP contribution in [-0.2, 0) is 9.53 Å². The van der Waals surface area contributed by atoms with E-state index < -0.39 is 5.60 Å². The number of benzene rings is 1. The molecule has 0 saturated carbocycles. The van der Waals surface area contributed by atoms with Crippen LogP contribution >= 0.6 is 0 Å². The SMILES string of the molecule is CC1(C)OC(C=Cc2ccc(F)cc2)=CC1=O. The highest BCUT2D eigenvalue weighted by Crippen LogP contribution is 2.25. The molecule has 0 radical (unpaired) electrons. The van der Waals surface area contributed by atoms with Crippen LogP contribution in [0.25, 0.3) is 6.08 Å². The van der Waals surface area contributed by atoms with Gasteiger partial charge in [-0.25, -0.2) is 4.39 Å². The minimum atomic E-state index is -0.775. The van der Waals surface area contributed by atoms with E-state index in [1.54, 1.807) is 38.1 Å². The molecule has 88 valence electrons. The third kappa shape index (κ3) is 2.61. The number of hydrogen-bond donors (Lipinski definition) is 0. The van der Waals surface area contributed by atoms with E-state index in [1.165, 1.54) is 18.2 Å². The first kappa shape index (κ1) is 11.6. The summed E-state index contributed by atoms with van der Waals surface area (Å²) in [6, 6.07) is 6.10. The van der Waals surface area contributed by atoms with Gasteiger partial charge in [-0.15, -0.1) is 0 Å². The van der Waals surface area contributed by atoms with Gasteiger partial charge in [-0.2, -0.15) is 0 Å². The number of allylic oxidation sites excluding steroid dienone is 1. The fourth-order valence-electron chi connectivity index (χ4n) is 1.51. The Kier molecular flexibility index (Phi) is 2.84. The van der Waals surface area contributed by atoms with Crippen LogP contribution in [0.3, 0.4) is 0 Å². The van der Waals surface area contributed by atoms with Crippen molar-refractivity contribution in [3.63, 3.8) is 0 Å². The van der Waals surface area contributed by atoms with Gasteiger partial charge in [0.1, 0.15) is 11.6 Å². The third-order valence-corrected chi connectivity index (χ3v) is 2.55. The predicted molar refractivity (Wildman–Crippen MR) is 63.7 cm³/mol. The zero-order valence-electron chi connectivity index (χ0n) is 9.74. The molecule has 1 aromatic rings. The molecule has 0 N–H and O–H groups in total. The highest BCUT2D eigenvalue weighted by molar-refractivity contribution is 5.99. The maximum Gasteiger partial charge on any atom is 0.202 e. The van der Waals surface area contributed by atoms with Crippen LogP contribution in [0.1, 0.15) is 19.4 Å². The van der Waals surface area contributed by atoms with Gasteiger partial charge in [0.15, 0.2) is 5.60 Å². The van der Waals surface area contributed by atoms with Gasteiger partial charge in [0.25, 0.3) is 0 Å². The van der Waals surface area contributed by atoms with Gasteiger partial charge in [0.05, 0.1) is 0 Å². The van der Waals surface area contributed by atoms with Gasteiger partial charge in [0, 0.05) is 6.08 Å². The molecule has 17 heavy (non-hydrogen) atoms. The Bertz CT molecular complexity index is 495. The summed E-state index contributed by atoms with van der Waals surface area (Å²) in [5.74, 6) is 0.218. The summed E-state index contributed by atoms with van der Waals surface area (Å²) in [5.41, 5.74) is 0.0794. The van der Waals surface area contributed by atoms with Crippen molar-refractivity contribution >= 4 is 11.9 Å². The Balaban J connectivity index is 2.10. The van der Waals surface area contributed by atoms with Crippen LogP contribution in [0, 0.1) is 5.82 Å². The van der Waals surface area contributed by atoms with Gasteiger partial charge >= 0.3 is 0 Å². The summed E-state index contributed by atoms with van der Waals surface area (Å²) in [6.45, 7) is 3.45. The Morgan fingerprint density at radius 3 is 2.35 bits per heavy atom. The molecule has 0 saturated heterocycles. The van der Waals surface area contributed by atoms with Crippen molar-refractivity contribution in [2.24, 2.45) is 0 Å². The monoisotopic (exact) mass is 232 g/mol. The lowest BCUT2D eigenvalue weighted by molar-refractivity contribution is -0.126. The molecule has 0 aliphatic carbocycles. The number of carbonyl (C=O) groups excluding carboxylic acids is 1. The smallest absolute Gasteiger partial charge is 0.202 e. The maximum absolute atomic E-state index is 12.7. The van der Waals surface area contributed by atoms with Crippen LogP contribution in [0.2, 0.25) is 0 Å². The molecule has 0 unspecified atom stereocenters. The van der Waals surface area contributed by atoms with Crippen LogP contribution in [0.4, 0.5) is 4.39 Å². The predicted octanol–water partition coefficient (Wildman–Crippen LogP) is 3.10. The minimum Gasteiger partial charge on any atom is -0.480 e. The summed E-state index contributed by atoms with van der Waals surface area (Å²) in [7, 11) is 0. The first-order valence-corrected chi connectivity index (χ1v) is 5.36. The normalized spacial score (nSPS) is 18.3. The number of halogens is 1. The summed E-state index contributed by atoms with van der Waals surface area (Å²) in [5, 5.41) is 0. The summed E-state index contributed by atoms with van der Waals surface area (Å²) < 4.78 is 18.1. The lowest BCUT2D eigenvalue weighted by atomic mass is 10.1. The quantitative estimate of drug-likeness (QED) is 0.783. The first-order chi connectivity index (χ1) is 7.97. The second kappa shape index (κ2) is 4.17. The first-order valence-electron chi connectivity index (χ1n) is 5.36. The Morgan fingerprint density at radius 2 is 1.82 bits per heavy atom. The van der Waals surface area contributed by atoms with Crippen molar-refractivity contribution in [2.75, 3.05) is 0 Å². The number of hydrogen-bond acceptors (Lipinski definition) is 2. The van der Waals surface area contributed by atoms with E-state index in [4.69, 9.17) is 4.74 Å². The highest BCUT2D eigenvalue weighted by atomic mass is 19.1. The van der Waals surface area contributed by atoms with Gasteiger partial charge in [-0.1, -0.05) is 18.2 Å². The van der Waals surface area contributed by atoms with E-state index in [0.717, 1.165) is 5.56 Å². The Labute approximate surface area is 99.4 Å². The Hall–Kier alpha value is -1.90. The molecule has 1 aliphatic heterocycles. The summed E-state index contributed by atoms with van der Waals surface area (Å²) >= 11 is 0. The minimum absolute atomic E-state index is 0.0451. The maximum atomic E-state index is 12.7. The second-order valence-electron chi connectivity index (χ2n) is 4.41. The summed E-state index contributed by atoms with van der Waals surface area (Å²) in [4.78, 5) is 11.5. The Morgan fingerprint density at radius 1 is 1.18 bits per heavy atom. The van der Waals surface area contributed by atoms with E-state index in [2.05, 4.69) is 0 Å². The zero-order chi connectivity index (χ0) is 12.5. The fourth-order valence-corrected chi connectivity index (χ4v) is 1.51. The molecule has 0 fully saturated rings. The molecule has 0 aromatic heterocycles. The van der Waals surface area contributed by atoms with Crippen molar-refractivity contribution < 1.29 is 13.9 Å². The van der Waals surface area contributed by atoms with Crippen molar-refractivity contribution in [2.45, 2.75) is 19.4 Å². The zero-order valence-corrected chi connectivity index (χ0v) is 9.74. The van der Waals surface area contributed by atoms with Crippen molar-refractivity contribution in [1.82, 2.24) is 0 Å². The lowest BCUT2D eigenvalue weighted by Crippen LogP contribution is -2.27. The molecule has 0 spiro atoms. The molecular weight excluding hydrogens is 219 g/mol. The van der Waals surface area contributed by atoms with Crippen molar-refractivity contribution in [3.05, 3.63) is 53.6 Å². The second-order valence-corrected chi connectivity index (χ2v) is 4.41. The van der Waals surface area contributed by atoms with Crippen molar-refractivity contribution in [1.29, 1.82) is 0 Å². The van der Waals surface area contributed by atoms with Gasteiger partial charge in [-0.3, -0.25) is 4.79 Å². The average Bonchev–Trinajstić information content (AvgIpc) is 2.52. The molecule has 0 bridgehead atoms. The van der Waals surface area contributed by atoms with Crippen molar-refractivity contribution in [3.8, 4) is 0 Å². The third-order valence-electron chi connectivity index (χ3n) is 2.55. The van der Waals surface area contributed by atoms with E-state index in [-0.39, 0.29) is 11.6 Å². The standard InChI is InChI=1S/C14H13FO2/c1-14(2)13(16)9-12(17-14)8-5-10-3-6-11(15)7-4-10/h3-9H,1-2H3. The molecule has 2 nitrogen and oxygen atoms in total. The number of ether oxygens (including phenoxy) is 1. The van der Waals surface area contributed by atoms with Crippen LogP contribution in [0.15, 0.2) is 42.2 Å². The van der Waals surface area contributed by atoms with Crippen LogP contribution in [0.5, 0.6) is 0 Å². The molecule has 0 atom stereocenters. The van der Waals surface area contributed by atoms with E-state index in [0.29, 0.717) is 5.76 Å². The van der Waals surface area contributed by atoms with Gasteiger partial charge in [-0.05, 0) is 37.6 Å². The number of carbonyl (C=O) groups is 1. The fraction of sp³-hybridized carbons (Fsp3) is 0.214. The van der Waals surface area contributed by atoms with E-state index in [9.17, 15) is 9.18 Å². The van der Waals surface area contributed by atoms with Crippen LogP contribution < -0.4 is 0 Å². The van der Waals surface area contributed by atoms with E-state index >= 15 is 0 Å². The molecule has 2 rings (SSSR count). The molecular formula is C14H13FO2. The van der Waals surface area contributed by atoms with Crippen LogP contribution in [-0.4, -0.2) is 11.4 Å². The lowest BCUT2D eigenvalue weighted by Gasteiger charge is -2.16. The number of rotatable bonds is 2. The van der Waals surface area contributed by atoms with Gasteiger partial charge < -0.3 is 4.74 Å². The van der Waals surface area contributed by atoms with Gasteiger partial charge in [0.2, 0.25) is 5.78 Å². The largest absolute Gasteiger partial charge is 0.480 e. The topological polar surface area (TPSA) is 26.3 Å². The summed E-state index contributed by atoms with van der Waals surface area (Å²) in [6.07, 6.45) is 4.96. The van der Waals surface area contributed by atoms with E-state index in [1.807, 2.05) is 0 Å².